The van der Waals surface area contributed by atoms with Gasteiger partial charge in [0.2, 0.25) is 0 Å². The SMILES string of the molecule is [B][C@@H]1O[C@]2(CC)CS[C@H]1C2C. The smallest absolute Gasteiger partial charge is 0.110 e. The van der Waals surface area contributed by atoms with Gasteiger partial charge in [-0.15, -0.1) is 0 Å². The van der Waals surface area contributed by atoms with Crippen LogP contribution >= 0.6 is 11.8 Å². The average Bonchev–Trinajstić information content (AvgIpc) is 2.42. The summed E-state index contributed by atoms with van der Waals surface area (Å²) in [6.07, 6.45) is 1.10. The third-order valence-corrected chi connectivity index (χ3v) is 4.85. The second kappa shape index (κ2) is 2.43. The van der Waals surface area contributed by atoms with Gasteiger partial charge in [-0.05, 0) is 12.3 Å². The lowest BCUT2D eigenvalue weighted by Crippen LogP contribution is -2.35. The van der Waals surface area contributed by atoms with Gasteiger partial charge in [0.1, 0.15) is 7.85 Å². The molecule has 0 amide bonds. The summed E-state index contributed by atoms with van der Waals surface area (Å²) < 4.78 is 5.77. The van der Waals surface area contributed by atoms with E-state index in [9.17, 15) is 0 Å². The summed E-state index contributed by atoms with van der Waals surface area (Å²) in [5.74, 6) is 1.79. The van der Waals surface area contributed by atoms with Crippen LogP contribution in [0.4, 0.5) is 0 Å². The third-order valence-electron chi connectivity index (χ3n) is 3.14. The molecule has 0 aromatic rings. The summed E-state index contributed by atoms with van der Waals surface area (Å²) in [6, 6.07) is -0.0105. The predicted molar refractivity (Wildman–Crippen MR) is 49.1 cm³/mol. The van der Waals surface area contributed by atoms with E-state index >= 15 is 0 Å². The van der Waals surface area contributed by atoms with E-state index in [1.807, 2.05) is 11.8 Å². The highest BCUT2D eigenvalue weighted by atomic mass is 32.2. The number of fused-ring (bicyclic) bond motifs is 2. The Balaban J connectivity index is 2.24. The van der Waals surface area contributed by atoms with Gasteiger partial charge in [0.15, 0.2) is 0 Å². The van der Waals surface area contributed by atoms with E-state index in [1.165, 1.54) is 0 Å². The highest BCUT2D eigenvalue weighted by Crippen LogP contribution is 2.52. The van der Waals surface area contributed by atoms with E-state index in [0.29, 0.717) is 11.2 Å². The van der Waals surface area contributed by atoms with Crippen LogP contribution in [0, 0.1) is 5.92 Å². The fourth-order valence-corrected chi connectivity index (χ4v) is 3.97. The summed E-state index contributed by atoms with van der Waals surface area (Å²) in [4.78, 5) is 0. The van der Waals surface area contributed by atoms with E-state index in [4.69, 9.17) is 12.6 Å². The maximum Gasteiger partial charge on any atom is 0.110 e. The minimum Gasteiger partial charge on any atom is -0.379 e. The van der Waals surface area contributed by atoms with Gasteiger partial charge in [0.25, 0.3) is 0 Å². The topological polar surface area (TPSA) is 9.23 Å². The largest absolute Gasteiger partial charge is 0.379 e. The summed E-state index contributed by atoms with van der Waals surface area (Å²) in [7, 11) is 5.83. The van der Waals surface area contributed by atoms with Crippen molar-refractivity contribution in [3.05, 3.63) is 0 Å². The Labute approximate surface area is 73.7 Å². The van der Waals surface area contributed by atoms with Gasteiger partial charge in [0.05, 0.1) is 5.60 Å². The maximum absolute atomic E-state index is 5.83. The number of rotatable bonds is 1. The van der Waals surface area contributed by atoms with E-state index < -0.39 is 0 Å². The van der Waals surface area contributed by atoms with Crippen LogP contribution in [0.15, 0.2) is 0 Å². The van der Waals surface area contributed by atoms with Crippen molar-refractivity contribution >= 4 is 19.6 Å². The van der Waals surface area contributed by atoms with Crippen molar-refractivity contribution in [3.8, 4) is 0 Å². The van der Waals surface area contributed by atoms with Gasteiger partial charge in [-0.1, -0.05) is 13.8 Å². The first-order chi connectivity index (χ1) is 5.19. The molecule has 60 valence electrons. The van der Waals surface area contributed by atoms with Crippen LogP contribution in [0.25, 0.3) is 0 Å². The molecule has 4 atom stereocenters. The van der Waals surface area contributed by atoms with Gasteiger partial charge in [-0.25, -0.2) is 0 Å². The van der Waals surface area contributed by atoms with Gasteiger partial charge < -0.3 is 4.74 Å². The Hall–Kier alpha value is 0.375. The maximum atomic E-state index is 5.83. The van der Waals surface area contributed by atoms with Gasteiger partial charge in [-0.2, -0.15) is 11.8 Å². The monoisotopic (exact) mass is 168 g/mol. The molecule has 0 spiro atoms. The van der Waals surface area contributed by atoms with E-state index in [1.54, 1.807) is 0 Å². The zero-order valence-corrected chi connectivity index (χ0v) is 7.86. The predicted octanol–water partition coefficient (Wildman–Crippen LogP) is 1.41. The van der Waals surface area contributed by atoms with Gasteiger partial charge in [0, 0.05) is 17.0 Å². The minimum atomic E-state index is -0.0105. The van der Waals surface area contributed by atoms with Crippen LogP contribution in [0.3, 0.4) is 0 Å². The lowest BCUT2D eigenvalue weighted by molar-refractivity contribution is -0.0154. The second-order valence-corrected chi connectivity index (χ2v) is 4.73. The molecule has 0 saturated carbocycles. The normalized spacial score (nSPS) is 55.3. The summed E-state index contributed by atoms with van der Waals surface area (Å²) in [5.41, 5.74) is 0.120. The minimum absolute atomic E-state index is 0.0105. The van der Waals surface area contributed by atoms with Crippen LogP contribution in [-0.2, 0) is 4.74 Å². The Bertz CT molecular complexity index is 175. The van der Waals surface area contributed by atoms with Crippen LogP contribution in [-0.4, -0.2) is 30.5 Å². The summed E-state index contributed by atoms with van der Waals surface area (Å²) >= 11 is 1.98. The molecular formula is C8H13BOS. The van der Waals surface area contributed by atoms with E-state index in [2.05, 4.69) is 13.8 Å². The quantitative estimate of drug-likeness (QED) is 0.547. The Morgan fingerprint density at radius 1 is 1.73 bits per heavy atom. The van der Waals surface area contributed by atoms with Crippen LogP contribution in [0.2, 0.25) is 0 Å². The lowest BCUT2D eigenvalue weighted by Gasteiger charge is -2.29. The van der Waals surface area contributed by atoms with Crippen molar-refractivity contribution in [2.24, 2.45) is 5.92 Å². The van der Waals surface area contributed by atoms with Crippen LogP contribution < -0.4 is 0 Å². The fraction of sp³-hybridized carbons (Fsp3) is 1.00. The standard InChI is InChI=1S/C8H13BOS/c1-3-8-4-11-6(5(8)2)7(9)10-8/h5-7H,3-4H2,1-2H3/t5?,6-,7+,8+/m0/s1. The molecule has 1 unspecified atom stereocenters. The fourth-order valence-electron chi connectivity index (χ4n) is 2.18. The molecule has 1 nitrogen and oxygen atoms in total. The molecule has 2 fully saturated rings. The molecule has 2 saturated heterocycles. The molecule has 2 aliphatic rings. The second-order valence-electron chi connectivity index (χ2n) is 3.57. The first-order valence-corrected chi connectivity index (χ1v) is 5.29. The Morgan fingerprint density at radius 3 is 2.73 bits per heavy atom. The molecule has 2 radical (unpaired) electrons. The van der Waals surface area contributed by atoms with Crippen molar-refractivity contribution < 1.29 is 4.74 Å². The van der Waals surface area contributed by atoms with Crippen molar-refractivity contribution in [2.75, 3.05) is 5.75 Å². The molecule has 2 aliphatic heterocycles. The van der Waals surface area contributed by atoms with Gasteiger partial charge in [-0.3, -0.25) is 0 Å². The Kier molecular flexibility index (Phi) is 1.77. The number of thioether (sulfide) groups is 1. The number of hydrogen-bond donors (Lipinski definition) is 0. The molecule has 11 heavy (non-hydrogen) atoms. The number of hydrogen-bond acceptors (Lipinski definition) is 2. The first-order valence-electron chi connectivity index (χ1n) is 4.24. The van der Waals surface area contributed by atoms with Crippen molar-refractivity contribution in [1.82, 2.24) is 0 Å². The van der Waals surface area contributed by atoms with Gasteiger partial charge >= 0.3 is 0 Å². The molecule has 2 bridgehead atoms. The lowest BCUT2D eigenvalue weighted by atomic mass is 9.85. The Morgan fingerprint density at radius 2 is 2.45 bits per heavy atom. The molecule has 2 heterocycles. The van der Waals surface area contributed by atoms with Crippen LogP contribution in [0.5, 0.6) is 0 Å². The van der Waals surface area contributed by atoms with Crippen molar-refractivity contribution in [2.45, 2.75) is 37.1 Å². The molecule has 2 rings (SSSR count). The molecule has 3 heteroatoms. The number of ether oxygens (including phenoxy) is 1. The van der Waals surface area contributed by atoms with E-state index in [-0.39, 0.29) is 11.6 Å². The third kappa shape index (κ3) is 0.904. The molecule has 0 N–H and O–H groups in total. The van der Waals surface area contributed by atoms with Crippen molar-refractivity contribution in [3.63, 3.8) is 0 Å². The molecule has 0 aliphatic carbocycles. The zero-order chi connectivity index (χ0) is 8.06. The van der Waals surface area contributed by atoms with E-state index in [0.717, 1.165) is 12.2 Å². The molecular weight excluding hydrogens is 155 g/mol. The zero-order valence-electron chi connectivity index (χ0n) is 7.04. The summed E-state index contributed by atoms with van der Waals surface area (Å²) in [5, 5.41) is 0.551. The average molecular weight is 168 g/mol. The molecule has 0 aromatic carbocycles. The first kappa shape index (κ1) is 8.00. The van der Waals surface area contributed by atoms with Crippen LogP contribution in [0.1, 0.15) is 20.3 Å². The molecule has 0 aromatic heterocycles. The highest BCUT2D eigenvalue weighted by molar-refractivity contribution is 8.00. The van der Waals surface area contributed by atoms with Crippen molar-refractivity contribution in [1.29, 1.82) is 0 Å². The summed E-state index contributed by atoms with van der Waals surface area (Å²) in [6.45, 7) is 4.46. The highest BCUT2D eigenvalue weighted by Gasteiger charge is 2.55.